The lowest BCUT2D eigenvalue weighted by molar-refractivity contribution is 0.0873. The number of rotatable bonds is 5. The number of aliphatic hydroxyl groups excluding tert-OH is 1. The van der Waals surface area contributed by atoms with Gasteiger partial charge in [-0.15, -0.1) is 5.10 Å². The van der Waals surface area contributed by atoms with E-state index in [0.29, 0.717) is 0 Å². The molecule has 0 aliphatic carbocycles. The van der Waals surface area contributed by atoms with Crippen molar-refractivity contribution in [2.45, 2.75) is 12.6 Å². The van der Waals surface area contributed by atoms with Crippen LogP contribution in [0.3, 0.4) is 0 Å². The van der Waals surface area contributed by atoms with Gasteiger partial charge in [0.1, 0.15) is 0 Å². The maximum absolute atomic E-state index is 11.6. The number of hydrogen-bond donors (Lipinski definition) is 2. The zero-order chi connectivity index (χ0) is 13.0. The Labute approximate surface area is 107 Å². The van der Waals surface area contributed by atoms with E-state index in [1.54, 1.807) is 6.20 Å². The van der Waals surface area contributed by atoms with Gasteiger partial charge < -0.3 is 14.8 Å². The van der Waals surface area contributed by atoms with Crippen LogP contribution in [0.5, 0.6) is 0 Å². The molecular weight excluding hydrogens is 260 g/mol. The molecule has 1 unspecified atom stereocenters. The molecule has 18 heavy (non-hydrogen) atoms. The molecule has 0 bridgehead atoms. The Morgan fingerprint density at radius 1 is 1.61 bits per heavy atom. The van der Waals surface area contributed by atoms with Crippen LogP contribution in [0.2, 0.25) is 5.22 Å². The first-order valence-electron chi connectivity index (χ1n) is 5.21. The van der Waals surface area contributed by atoms with Crippen molar-refractivity contribution in [1.82, 2.24) is 20.3 Å². The van der Waals surface area contributed by atoms with Crippen LogP contribution in [-0.2, 0) is 6.54 Å². The number of carbonyl (C=O) groups excluding carboxylic acids is 1. The van der Waals surface area contributed by atoms with E-state index in [1.165, 1.54) is 23.0 Å². The van der Waals surface area contributed by atoms with E-state index in [0.717, 1.165) is 0 Å². The lowest BCUT2D eigenvalue weighted by Crippen LogP contribution is -2.34. The summed E-state index contributed by atoms with van der Waals surface area (Å²) in [7, 11) is 0. The summed E-state index contributed by atoms with van der Waals surface area (Å²) in [6, 6.07) is 2.93. The molecule has 0 aliphatic heterocycles. The number of aromatic nitrogens is 3. The molecule has 96 valence electrons. The quantitative estimate of drug-likeness (QED) is 0.816. The number of halogens is 1. The minimum atomic E-state index is -0.763. The van der Waals surface area contributed by atoms with Gasteiger partial charge in [0.15, 0.2) is 11.0 Å². The van der Waals surface area contributed by atoms with Gasteiger partial charge in [-0.25, -0.2) is 4.68 Å². The first-order valence-corrected chi connectivity index (χ1v) is 5.58. The fourth-order valence-electron chi connectivity index (χ4n) is 1.34. The van der Waals surface area contributed by atoms with E-state index in [-0.39, 0.29) is 24.1 Å². The normalized spacial score (nSPS) is 12.3. The zero-order valence-electron chi connectivity index (χ0n) is 9.28. The molecular formula is C10H11ClN4O3. The van der Waals surface area contributed by atoms with Gasteiger partial charge in [-0.1, -0.05) is 5.21 Å². The Hall–Kier alpha value is -1.86. The molecule has 1 amide bonds. The molecule has 0 aromatic carbocycles. The van der Waals surface area contributed by atoms with Crippen molar-refractivity contribution in [3.8, 4) is 0 Å². The summed E-state index contributed by atoms with van der Waals surface area (Å²) in [4.78, 5) is 11.6. The van der Waals surface area contributed by atoms with Crippen LogP contribution in [0.25, 0.3) is 0 Å². The highest BCUT2D eigenvalue weighted by atomic mass is 35.5. The van der Waals surface area contributed by atoms with Gasteiger partial charge in [0.2, 0.25) is 0 Å². The predicted octanol–water partition coefficient (Wildman–Crippen LogP) is 0.315. The van der Waals surface area contributed by atoms with Crippen molar-refractivity contribution >= 4 is 17.5 Å². The molecule has 2 aromatic rings. The van der Waals surface area contributed by atoms with Crippen LogP contribution in [0.15, 0.2) is 28.9 Å². The number of nitrogens with zero attached hydrogens (tertiary/aromatic N) is 3. The average Bonchev–Trinajstić information content (AvgIpc) is 2.97. The summed E-state index contributed by atoms with van der Waals surface area (Å²) in [6.07, 6.45) is 2.37. The Kier molecular flexibility index (Phi) is 3.96. The molecule has 1 atom stereocenters. The van der Waals surface area contributed by atoms with Crippen LogP contribution >= 0.6 is 11.6 Å². The predicted molar refractivity (Wildman–Crippen MR) is 62.1 cm³/mol. The number of carbonyl (C=O) groups is 1. The molecule has 7 nitrogen and oxygen atoms in total. The van der Waals surface area contributed by atoms with Gasteiger partial charge >= 0.3 is 0 Å². The van der Waals surface area contributed by atoms with Crippen molar-refractivity contribution in [3.05, 3.63) is 35.5 Å². The third-order valence-electron chi connectivity index (χ3n) is 2.16. The molecule has 0 spiro atoms. The maximum atomic E-state index is 11.6. The summed E-state index contributed by atoms with van der Waals surface area (Å²) in [6.45, 7) is 0.330. The van der Waals surface area contributed by atoms with E-state index in [4.69, 9.17) is 16.0 Å². The van der Waals surface area contributed by atoms with Crippen molar-refractivity contribution in [2.75, 3.05) is 6.54 Å². The summed E-state index contributed by atoms with van der Waals surface area (Å²) < 4.78 is 6.40. The largest absolute Gasteiger partial charge is 0.440 e. The lowest BCUT2D eigenvalue weighted by atomic mass is 10.3. The van der Waals surface area contributed by atoms with Gasteiger partial charge in [0, 0.05) is 12.7 Å². The molecule has 0 radical (unpaired) electrons. The Balaban J connectivity index is 1.79. The van der Waals surface area contributed by atoms with Crippen molar-refractivity contribution in [2.24, 2.45) is 0 Å². The third-order valence-corrected chi connectivity index (χ3v) is 2.37. The SMILES string of the molecule is O=C(NCC(O)Cn1ccnn1)c1ccc(Cl)o1. The fourth-order valence-corrected chi connectivity index (χ4v) is 1.49. The number of amides is 1. The minimum Gasteiger partial charge on any atom is -0.440 e. The second kappa shape index (κ2) is 5.65. The highest BCUT2D eigenvalue weighted by Gasteiger charge is 2.12. The highest BCUT2D eigenvalue weighted by molar-refractivity contribution is 6.29. The van der Waals surface area contributed by atoms with Gasteiger partial charge in [0.05, 0.1) is 18.8 Å². The lowest BCUT2D eigenvalue weighted by Gasteiger charge is -2.10. The van der Waals surface area contributed by atoms with Gasteiger partial charge in [-0.2, -0.15) is 0 Å². The van der Waals surface area contributed by atoms with Crippen LogP contribution in [-0.4, -0.2) is 38.7 Å². The first-order chi connectivity index (χ1) is 8.65. The zero-order valence-corrected chi connectivity index (χ0v) is 10.0. The maximum Gasteiger partial charge on any atom is 0.287 e. The monoisotopic (exact) mass is 270 g/mol. The molecule has 0 saturated carbocycles. The molecule has 0 fully saturated rings. The number of nitrogens with one attached hydrogen (secondary N) is 1. The van der Waals surface area contributed by atoms with Crippen LogP contribution in [0, 0.1) is 0 Å². The molecule has 0 saturated heterocycles. The second-order valence-corrected chi connectivity index (χ2v) is 3.97. The standard InChI is InChI=1S/C10H11ClN4O3/c11-9-2-1-8(18-9)10(17)12-5-7(16)6-15-4-3-13-14-15/h1-4,7,16H,5-6H2,(H,12,17). The average molecular weight is 271 g/mol. The van der Waals surface area contributed by atoms with Gasteiger partial charge in [-0.05, 0) is 23.7 Å². The summed E-state index contributed by atoms with van der Waals surface area (Å²) >= 11 is 5.55. The highest BCUT2D eigenvalue weighted by Crippen LogP contribution is 2.12. The molecule has 2 aromatic heterocycles. The van der Waals surface area contributed by atoms with E-state index in [1.807, 2.05) is 0 Å². The Morgan fingerprint density at radius 2 is 2.44 bits per heavy atom. The van der Waals surface area contributed by atoms with Crippen LogP contribution in [0.4, 0.5) is 0 Å². The van der Waals surface area contributed by atoms with Crippen molar-refractivity contribution in [3.63, 3.8) is 0 Å². The minimum absolute atomic E-state index is 0.0804. The topological polar surface area (TPSA) is 93.2 Å². The summed E-state index contributed by atoms with van der Waals surface area (Å²) in [5.74, 6) is -0.326. The number of hydrogen-bond acceptors (Lipinski definition) is 5. The molecule has 0 aliphatic rings. The van der Waals surface area contributed by atoms with Crippen molar-refractivity contribution in [1.29, 1.82) is 0 Å². The van der Waals surface area contributed by atoms with E-state index >= 15 is 0 Å². The Bertz CT molecular complexity index is 511. The van der Waals surface area contributed by atoms with E-state index in [9.17, 15) is 9.90 Å². The van der Waals surface area contributed by atoms with Crippen LogP contribution < -0.4 is 5.32 Å². The van der Waals surface area contributed by atoms with Crippen molar-refractivity contribution < 1.29 is 14.3 Å². The summed E-state index contributed by atoms with van der Waals surface area (Å²) in [5, 5.41) is 19.6. The fraction of sp³-hybridized carbons (Fsp3) is 0.300. The molecule has 2 rings (SSSR count). The number of aliphatic hydroxyl groups is 1. The smallest absolute Gasteiger partial charge is 0.287 e. The Morgan fingerprint density at radius 3 is 3.06 bits per heavy atom. The molecule has 8 heteroatoms. The van der Waals surface area contributed by atoms with E-state index in [2.05, 4.69) is 15.6 Å². The molecule has 2 heterocycles. The van der Waals surface area contributed by atoms with Crippen LogP contribution in [0.1, 0.15) is 10.6 Å². The third kappa shape index (κ3) is 3.31. The van der Waals surface area contributed by atoms with E-state index < -0.39 is 12.0 Å². The number of furan rings is 1. The van der Waals surface area contributed by atoms with Gasteiger partial charge in [0.25, 0.3) is 5.91 Å². The van der Waals surface area contributed by atoms with Gasteiger partial charge in [-0.3, -0.25) is 4.79 Å². The second-order valence-electron chi connectivity index (χ2n) is 3.59. The molecule has 2 N–H and O–H groups in total. The first kappa shape index (κ1) is 12.6. The summed E-state index contributed by atoms with van der Waals surface area (Å²) in [5.41, 5.74) is 0.